The van der Waals surface area contributed by atoms with Crippen molar-refractivity contribution in [3.05, 3.63) is 33.8 Å². The Morgan fingerprint density at radius 1 is 1.45 bits per heavy atom. The average molecular weight is 340 g/mol. The fourth-order valence-electron chi connectivity index (χ4n) is 2.66. The molecule has 0 radical (unpaired) electrons. The van der Waals surface area contributed by atoms with E-state index in [4.69, 9.17) is 0 Å². The molecule has 0 aliphatic heterocycles. The van der Waals surface area contributed by atoms with Gasteiger partial charge in [0.15, 0.2) is 0 Å². The molecule has 1 aliphatic rings. The van der Waals surface area contributed by atoms with Crippen LogP contribution in [0.4, 0.5) is 0 Å². The summed E-state index contributed by atoms with van der Waals surface area (Å²) in [5.74, 6) is 0.564. The van der Waals surface area contributed by atoms with Gasteiger partial charge in [0.25, 0.3) is 5.91 Å². The quantitative estimate of drug-likeness (QED) is 0.886. The van der Waals surface area contributed by atoms with Crippen LogP contribution in [0.25, 0.3) is 0 Å². The van der Waals surface area contributed by atoms with Gasteiger partial charge in [-0.1, -0.05) is 28.9 Å². The molecule has 0 atom stereocenters. The van der Waals surface area contributed by atoms with Gasteiger partial charge in [-0.3, -0.25) is 4.79 Å². The summed E-state index contributed by atoms with van der Waals surface area (Å²) in [6.07, 6.45) is 3.60. The Bertz CT molecular complexity index is 493. The second-order valence-electron chi connectivity index (χ2n) is 6.05. The van der Waals surface area contributed by atoms with Crippen LogP contribution in [0.15, 0.2) is 22.7 Å². The molecule has 1 aromatic carbocycles. The molecule has 0 spiro atoms. The highest BCUT2D eigenvalue weighted by atomic mass is 79.9. The fraction of sp³-hybridized carbons (Fsp3) is 0.562. The molecule has 0 saturated heterocycles. The lowest BCUT2D eigenvalue weighted by atomic mass is 9.79. The van der Waals surface area contributed by atoms with E-state index in [2.05, 4.69) is 28.2 Å². The summed E-state index contributed by atoms with van der Waals surface area (Å²) in [6, 6.07) is 5.65. The van der Waals surface area contributed by atoms with Gasteiger partial charge in [0.1, 0.15) is 0 Å². The molecular weight excluding hydrogens is 318 g/mol. The zero-order valence-electron chi connectivity index (χ0n) is 12.1. The van der Waals surface area contributed by atoms with Crippen molar-refractivity contribution in [1.29, 1.82) is 0 Å². The number of benzene rings is 1. The van der Waals surface area contributed by atoms with Crippen LogP contribution in [0.1, 0.15) is 48.5 Å². The highest BCUT2D eigenvalue weighted by molar-refractivity contribution is 9.10. The summed E-state index contributed by atoms with van der Waals surface area (Å²) in [7, 11) is 0. The van der Waals surface area contributed by atoms with Crippen molar-refractivity contribution in [3.63, 3.8) is 0 Å². The van der Waals surface area contributed by atoms with Crippen LogP contribution in [0, 0.1) is 12.8 Å². The van der Waals surface area contributed by atoms with Crippen molar-refractivity contribution in [1.82, 2.24) is 5.32 Å². The number of hydrogen-bond donors (Lipinski definition) is 2. The van der Waals surface area contributed by atoms with E-state index in [0.29, 0.717) is 18.0 Å². The van der Waals surface area contributed by atoms with Gasteiger partial charge in [-0.05, 0) is 56.2 Å². The number of nitrogens with one attached hydrogen (secondary N) is 1. The van der Waals surface area contributed by atoms with Gasteiger partial charge >= 0.3 is 0 Å². The first-order valence-corrected chi connectivity index (χ1v) is 7.96. The molecule has 110 valence electrons. The molecule has 4 heteroatoms. The maximum atomic E-state index is 12.2. The van der Waals surface area contributed by atoms with Crippen LogP contribution in [0.3, 0.4) is 0 Å². The lowest BCUT2D eigenvalue weighted by Gasteiger charge is -2.35. The second-order valence-corrected chi connectivity index (χ2v) is 6.96. The predicted molar refractivity (Wildman–Crippen MR) is 83.8 cm³/mol. The lowest BCUT2D eigenvalue weighted by molar-refractivity contribution is -0.00540. The van der Waals surface area contributed by atoms with Gasteiger partial charge < -0.3 is 10.4 Å². The molecule has 2 rings (SSSR count). The maximum absolute atomic E-state index is 12.2. The minimum atomic E-state index is -0.734. The van der Waals surface area contributed by atoms with Gasteiger partial charge in [0.05, 0.1) is 5.60 Å². The molecule has 0 unspecified atom stereocenters. The number of hydrogen-bond acceptors (Lipinski definition) is 2. The van der Waals surface area contributed by atoms with E-state index in [1.54, 1.807) is 0 Å². The van der Waals surface area contributed by atoms with Crippen molar-refractivity contribution < 1.29 is 9.90 Å². The molecule has 2 N–H and O–H groups in total. The van der Waals surface area contributed by atoms with Crippen LogP contribution < -0.4 is 5.32 Å². The minimum absolute atomic E-state index is 0.115. The van der Waals surface area contributed by atoms with Crippen LogP contribution in [0.2, 0.25) is 0 Å². The van der Waals surface area contributed by atoms with E-state index in [1.165, 1.54) is 0 Å². The van der Waals surface area contributed by atoms with Crippen molar-refractivity contribution in [2.24, 2.45) is 5.92 Å². The molecule has 0 heterocycles. The standard InChI is InChI=1S/C16H22BrNO2/c1-11-5-7-16(20,8-6-11)10-18-15(19)14-9-13(17)4-3-12(14)2/h3-4,9,11,20H,5-8,10H2,1-2H3,(H,18,19). The van der Waals surface area contributed by atoms with E-state index < -0.39 is 5.60 Å². The molecule has 1 fully saturated rings. The molecule has 1 aromatic rings. The smallest absolute Gasteiger partial charge is 0.251 e. The second kappa shape index (κ2) is 6.27. The van der Waals surface area contributed by atoms with E-state index in [9.17, 15) is 9.90 Å². The predicted octanol–water partition coefficient (Wildman–Crippen LogP) is 3.43. The van der Waals surface area contributed by atoms with E-state index in [1.807, 2.05) is 25.1 Å². The number of carbonyl (C=O) groups excluding carboxylic acids is 1. The van der Waals surface area contributed by atoms with Crippen LogP contribution in [-0.4, -0.2) is 23.2 Å². The highest BCUT2D eigenvalue weighted by Gasteiger charge is 2.32. The normalized spacial score (nSPS) is 26.3. The molecule has 1 saturated carbocycles. The summed E-state index contributed by atoms with van der Waals surface area (Å²) in [5.41, 5.74) is 0.865. The van der Waals surface area contributed by atoms with E-state index in [-0.39, 0.29) is 5.91 Å². The number of aliphatic hydroxyl groups is 1. The minimum Gasteiger partial charge on any atom is -0.388 e. The number of rotatable bonds is 3. The Labute approximate surface area is 128 Å². The Balaban J connectivity index is 1.97. The summed E-state index contributed by atoms with van der Waals surface area (Å²) >= 11 is 3.38. The van der Waals surface area contributed by atoms with E-state index >= 15 is 0 Å². The molecule has 20 heavy (non-hydrogen) atoms. The summed E-state index contributed by atoms with van der Waals surface area (Å²) in [5, 5.41) is 13.4. The number of amides is 1. The van der Waals surface area contributed by atoms with Crippen molar-refractivity contribution in [2.45, 2.75) is 45.1 Å². The monoisotopic (exact) mass is 339 g/mol. The van der Waals surface area contributed by atoms with Crippen LogP contribution in [0.5, 0.6) is 0 Å². The summed E-state index contributed by atoms with van der Waals surface area (Å²) < 4.78 is 0.887. The average Bonchev–Trinajstić information content (AvgIpc) is 2.43. The SMILES string of the molecule is Cc1ccc(Br)cc1C(=O)NCC1(O)CCC(C)CC1. The van der Waals surface area contributed by atoms with Crippen molar-refractivity contribution in [3.8, 4) is 0 Å². The Kier molecular flexibility index (Phi) is 4.86. The molecular formula is C16H22BrNO2. The first-order chi connectivity index (χ1) is 9.39. The number of aryl methyl sites for hydroxylation is 1. The van der Waals surface area contributed by atoms with Gasteiger partial charge in [-0.2, -0.15) is 0 Å². The Morgan fingerprint density at radius 3 is 2.75 bits per heavy atom. The third-order valence-corrected chi connectivity index (χ3v) is 4.72. The molecule has 1 amide bonds. The summed E-state index contributed by atoms with van der Waals surface area (Å²) in [4.78, 5) is 12.2. The molecule has 3 nitrogen and oxygen atoms in total. The Hall–Kier alpha value is -0.870. The number of halogens is 1. The largest absolute Gasteiger partial charge is 0.388 e. The van der Waals surface area contributed by atoms with Gasteiger partial charge in [0, 0.05) is 16.6 Å². The van der Waals surface area contributed by atoms with Gasteiger partial charge in [-0.15, -0.1) is 0 Å². The van der Waals surface area contributed by atoms with Crippen LogP contribution in [-0.2, 0) is 0 Å². The van der Waals surface area contributed by atoms with Gasteiger partial charge in [0.2, 0.25) is 0 Å². The Morgan fingerprint density at radius 2 is 2.10 bits per heavy atom. The van der Waals surface area contributed by atoms with Crippen LogP contribution >= 0.6 is 15.9 Å². The zero-order valence-corrected chi connectivity index (χ0v) is 13.7. The third-order valence-electron chi connectivity index (χ3n) is 4.23. The topological polar surface area (TPSA) is 49.3 Å². The highest BCUT2D eigenvalue weighted by Crippen LogP contribution is 2.31. The van der Waals surface area contributed by atoms with Gasteiger partial charge in [-0.25, -0.2) is 0 Å². The first kappa shape index (κ1) is 15.5. The zero-order chi connectivity index (χ0) is 14.8. The summed E-state index contributed by atoms with van der Waals surface area (Å²) in [6.45, 7) is 4.46. The fourth-order valence-corrected chi connectivity index (χ4v) is 3.02. The lowest BCUT2D eigenvalue weighted by Crippen LogP contribution is -2.45. The number of carbonyl (C=O) groups is 1. The third kappa shape index (κ3) is 3.83. The van der Waals surface area contributed by atoms with Crippen molar-refractivity contribution >= 4 is 21.8 Å². The molecule has 0 bridgehead atoms. The van der Waals surface area contributed by atoms with E-state index in [0.717, 1.165) is 35.7 Å². The first-order valence-electron chi connectivity index (χ1n) is 7.16. The van der Waals surface area contributed by atoms with Crippen molar-refractivity contribution in [2.75, 3.05) is 6.54 Å². The molecule has 0 aromatic heterocycles. The molecule has 1 aliphatic carbocycles. The maximum Gasteiger partial charge on any atom is 0.251 e.